The lowest BCUT2D eigenvalue weighted by Gasteiger charge is -2.33. The Bertz CT molecular complexity index is 974. The van der Waals surface area contributed by atoms with Gasteiger partial charge in [-0.3, -0.25) is 20.2 Å². The van der Waals surface area contributed by atoms with Crippen LogP contribution in [0.4, 0.5) is 5.69 Å². The maximum absolute atomic E-state index is 11.1. The fourth-order valence-electron chi connectivity index (χ4n) is 5.30. The first kappa shape index (κ1) is 24.4. The third-order valence-electron chi connectivity index (χ3n) is 7.30. The molecule has 4 heterocycles. The lowest BCUT2D eigenvalue weighted by molar-refractivity contribution is -0.101. The average Bonchev–Trinajstić information content (AvgIpc) is 3.37. The molecule has 0 aliphatic carbocycles. The zero-order valence-electron chi connectivity index (χ0n) is 20.2. The third-order valence-corrected chi connectivity index (χ3v) is 7.30. The van der Waals surface area contributed by atoms with Gasteiger partial charge in [0.05, 0.1) is 20.1 Å². The molecule has 5 rings (SSSR count). The first-order valence-electron chi connectivity index (χ1n) is 11.9. The van der Waals surface area contributed by atoms with Crippen molar-refractivity contribution in [3.63, 3.8) is 0 Å². The van der Waals surface area contributed by atoms with Gasteiger partial charge in [-0.2, -0.15) is 5.48 Å². The van der Waals surface area contributed by atoms with Crippen molar-refractivity contribution in [1.29, 1.82) is 0 Å². The summed E-state index contributed by atoms with van der Waals surface area (Å²) in [6.07, 6.45) is 1.26. The van der Waals surface area contributed by atoms with E-state index in [0.29, 0.717) is 18.1 Å². The number of aliphatic imine (C=N–C) groups is 2. The van der Waals surface area contributed by atoms with E-state index in [1.165, 1.54) is 19.0 Å². The van der Waals surface area contributed by atoms with Gasteiger partial charge < -0.3 is 29.8 Å². The van der Waals surface area contributed by atoms with Crippen molar-refractivity contribution in [2.45, 2.75) is 62.6 Å². The van der Waals surface area contributed by atoms with Crippen LogP contribution in [0.2, 0.25) is 0 Å². The molecule has 0 bridgehead atoms. The minimum atomic E-state index is -1.50. The molecule has 0 saturated carbocycles. The molecule has 1 aromatic carbocycles. The zero-order valence-corrected chi connectivity index (χ0v) is 20.2. The van der Waals surface area contributed by atoms with Gasteiger partial charge in [-0.05, 0) is 37.8 Å². The molecule has 4 aliphatic heterocycles. The van der Waals surface area contributed by atoms with E-state index in [2.05, 4.69) is 26.3 Å². The van der Waals surface area contributed by atoms with Gasteiger partial charge in [0.1, 0.15) is 60.9 Å². The van der Waals surface area contributed by atoms with E-state index in [4.69, 9.17) is 19.1 Å². The minimum Gasteiger partial charge on any atom is -0.491 e. The Morgan fingerprint density at radius 1 is 1.29 bits per heavy atom. The SMILES string of the molecule is CONC1=NC=NC2C1CCN2[C@@H]1O[C@H](COc2ccc3c(c2)NC(NOC)CC3)[C@@](C)(O)[C@H]1O. The number of amidine groups is 1. The van der Waals surface area contributed by atoms with E-state index in [0.717, 1.165) is 24.9 Å². The number of aliphatic hydroxyl groups excluding tert-OH is 1. The number of hydrogen-bond donors (Lipinski definition) is 5. The molecule has 0 radical (unpaired) electrons. The standard InChI is InChI=1S/C23H34N6O6/c1-23(31)17(11-34-14-6-4-13-5-7-18(27-32-2)26-16(13)10-14)35-22(19(23)30)29-9-8-15-20(28-33-3)24-12-25-21(15)29/h4,6,10,12,15,17-19,21-22,26-27,30-31H,5,7-9,11H2,1-3H3,(H,24,25,28)/t15?,17-,18?,19+,21?,22-,23-/m1/s1. The van der Waals surface area contributed by atoms with Crippen molar-refractivity contribution in [3.8, 4) is 5.75 Å². The second kappa shape index (κ2) is 9.97. The van der Waals surface area contributed by atoms with Gasteiger partial charge in [0, 0.05) is 18.3 Å². The molecule has 7 atom stereocenters. The minimum absolute atomic E-state index is 0.00424. The van der Waals surface area contributed by atoms with Crippen LogP contribution in [0.3, 0.4) is 0 Å². The largest absolute Gasteiger partial charge is 0.491 e. The van der Waals surface area contributed by atoms with Crippen molar-refractivity contribution in [2.75, 3.05) is 32.7 Å². The number of hydroxylamine groups is 2. The second-order valence-electron chi connectivity index (χ2n) is 9.51. The number of rotatable bonds is 7. The van der Waals surface area contributed by atoms with Gasteiger partial charge in [-0.15, -0.1) is 0 Å². The molecule has 4 aliphatic rings. The molecule has 0 aromatic heterocycles. The summed E-state index contributed by atoms with van der Waals surface area (Å²) in [4.78, 5) is 20.8. The van der Waals surface area contributed by atoms with Crippen molar-refractivity contribution >= 4 is 17.9 Å². The highest BCUT2D eigenvalue weighted by Gasteiger charge is 2.57. The van der Waals surface area contributed by atoms with Crippen LogP contribution in [0.1, 0.15) is 25.3 Å². The fraction of sp³-hybridized carbons (Fsp3) is 0.652. The lowest BCUT2D eigenvalue weighted by Crippen LogP contribution is -2.52. The van der Waals surface area contributed by atoms with Gasteiger partial charge in [-0.1, -0.05) is 6.07 Å². The van der Waals surface area contributed by atoms with Crippen molar-refractivity contribution < 1.29 is 29.4 Å². The maximum atomic E-state index is 11.1. The molecule has 1 aromatic rings. The van der Waals surface area contributed by atoms with E-state index in [-0.39, 0.29) is 24.9 Å². The number of benzene rings is 1. The monoisotopic (exact) mass is 490 g/mol. The van der Waals surface area contributed by atoms with Gasteiger partial charge in [0.2, 0.25) is 0 Å². The number of ether oxygens (including phenoxy) is 2. The number of fused-ring (bicyclic) bond motifs is 2. The van der Waals surface area contributed by atoms with E-state index < -0.39 is 24.0 Å². The fourth-order valence-corrected chi connectivity index (χ4v) is 5.30. The second-order valence-corrected chi connectivity index (χ2v) is 9.51. The van der Waals surface area contributed by atoms with Gasteiger partial charge >= 0.3 is 0 Å². The molecule has 0 amide bonds. The molecular weight excluding hydrogens is 456 g/mol. The Labute approximate surface area is 204 Å². The molecule has 5 N–H and O–H groups in total. The zero-order chi connectivity index (χ0) is 24.6. The van der Waals surface area contributed by atoms with E-state index in [1.807, 2.05) is 23.1 Å². The van der Waals surface area contributed by atoms with E-state index >= 15 is 0 Å². The molecular formula is C23H34N6O6. The molecule has 2 fully saturated rings. The normalized spacial score (nSPS) is 36.3. The Morgan fingerprint density at radius 3 is 2.94 bits per heavy atom. The first-order valence-corrected chi connectivity index (χ1v) is 11.9. The van der Waals surface area contributed by atoms with Gasteiger partial charge in [0.25, 0.3) is 0 Å². The Morgan fingerprint density at radius 2 is 2.14 bits per heavy atom. The molecule has 35 heavy (non-hydrogen) atoms. The highest BCUT2D eigenvalue weighted by atomic mass is 16.6. The number of likely N-dealkylation sites (tertiary alicyclic amines) is 1. The number of nitrogens with one attached hydrogen (secondary N) is 3. The van der Waals surface area contributed by atoms with Crippen LogP contribution in [-0.2, 0) is 20.8 Å². The number of aryl methyl sites for hydroxylation is 1. The third kappa shape index (κ3) is 4.62. The summed E-state index contributed by atoms with van der Waals surface area (Å²) in [6.45, 7) is 2.30. The van der Waals surface area contributed by atoms with Crippen LogP contribution in [-0.4, -0.2) is 91.0 Å². The van der Waals surface area contributed by atoms with Crippen LogP contribution in [0.25, 0.3) is 0 Å². The summed E-state index contributed by atoms with van der Waals surface area (Å²) >= 11 is 0. The predicted octanol–water partition coefficient (Wildman–Crippen LogP) is -0.0232. The first-order chi connectivity index (χ1) is 16.9. The van der Waals surface area contributed by atoms with Gasteiger partial charge in [0.15, 0.2) is 0 Å². The Balaban J connectivity index is 1.24. The smallest absolute Gasteiger partial charge is 0.142 e. The molecule has 2 saturated heterocycles. The highest BCUT2D eigenvalue weighted by Crippen LogP contribution is 2.39. The Kier molecular flexibility index (Phi) is 6.95. The van der Waals surface area contributed by atoms with E-state index in [9.17, 15) is 10.2 Å². The van der Waals surface area contributed by atoms with Gasteiger partial charge in [-0.25, -0.2) is 4.99 Å². The quantitative estimate of drug-likeness (QED) is 0.331. The lowest BCUT2D eigenvalue weighted by atomic mass is 9.94. The summed E-state index contributed by atoms with van der Waals surface area (Å²) in [5.74, 6) is 1.34. The number of hydrogen-bond acceptors (Lipinski definition) is 12. The molecule has 12 nitrogen and oxygen atoms in total. The predicted molar refractivity (Wildman–Crippen MR) is 128 cm³/mol. The summed E-state index contributed by atoms with van der Waals surface area (Å²) in [6, 6.07) is 5.88. The number of anilines is 1. The molecule has 192 valence electrons. The maximum Gasteiger partial charge on any atom is 0.142 e. The number of aliphatic hydroxyl groups is 2. The molecule has 0 spiro atoms. The topological polar surface area (TPSA) is 141 Å². The summed E-state index contributed by atoms with van der Waals surface area (Å²) in [7, 11) is 3.13. The summed E-state index contributed by atoms with van der Waals surface area (Å²) in [5.41, 5.74) is 6.43. The van der Waals surface area contributed by atoms with Crippen LogP contribution in [0, 0.1) is 5.92 Å². The van der Waals surface area contributed by atoms with Crippen LogP contribution < -0.4 is 21.0 Å². The summed E-state index contributed by atoms with van der Waals surface area (Å²) < 4.78 is 12.2. The average molecular weight is 491 g/mol. The summed E-state index contributed by atoms with van der Waals surface area (Å²) in [5, 5.41) is 25.5. The van der Waals surface area contributed by atoms with Crippen molar-refractivity contribution in [3.05, 3.63) is 23.8 Å². The molecule has 3 unspecified atom stereocenters. The van der Waals surface area contributed by atoms with Crippen LogP contribution in [0.15, 0.2) is 28.2 Å². The van der Waals surface area contributed by atoms with E-state index in [1.54, 1.807) is 14.0 Å². The van der Waals surface area contributed by atoms with Crippen molar-refractivity contribution in [1.82, 2.24) is 15.9 Å². The Hall–Kier alpha value is -2.32. The highest BCUT2D eigenvalue weighted by molar-refractivity contribution is 5.92. The number of nitrogens with zero attached hydrogens (tertiary/aromatic N) is 3. The van der Waals surface area contributed by atoms with Crippen LogP contribution in [0.5, 0.6) is 5.75 Å². The molecule has 12 heteroatoms. The van der Waals surface area contributed by atoms with Crippen molar-refractivity contribution in [2.24, 2.45) is 15.9 Å². The van der Waals surface area contributed by atoms with Crippen LogP contribution >= 0.6 is 0 Å².